The van der Waals surface area contributed by atoms with Gasteiger partial charge in [0.05, 0.1) is 27.2 Å². The van der Waals surface area contributed by atoms with Crippen LogP contribution < -0.4 is 5.32 Å². The molecule has 1 unspecified atom stereocenters. The third-order valence-corrected chi connectivity index (χ3v) is 5.53. The second kappa shape index (κ2) is 9.06. The summed E-state index contributed by atoms with van der Waals surface area (Å²) in [6.45, 7) is -0.0764. The number of carbonyl (C=O) groups excluding carboxylic acids is 1. The van der Waals surface area contributed by atoms with Gasteiger partial charge in [0.25, 0.3) is 5.91 Å². The van der Waals surface area contributed by atoms with E-state index in [1.54, 1.807) is 12.1 Å². The number of benzene rings is 3. The summed E-state index contributed by atoms with van der Waals surface area (Å²) in [6, 6.07) is 16.5. The maximum Gasteiger partial charge on any atom is 0.251 e. The van der Waals surface area contributed by atoms with Crippen molar-refractivity contribution in [2.75, 3.05) is 6.61 Å². The molecule has 1 atom stereocenters. The molecule has 3 N–H and O–H groups in total. The number of nitrogens with one attached hydrogen (secondary N) is 2. The standard InChI is InChI=1S/C23H18Cl2FN3O2/c24-15-7-4-8-17(26)20(15)22-27-19-12-14(11-16(25)21(19)29-22)23(31)28-18(9-10-30)13-5-2-1-3-6-13/h1-8,11-12,18,30H,9-10H2,(H,27,29)(H,28,31). The van der Waals surface area contributed by atoms with Crippen molar-refractivity contribution in [3.8, 4) is 11.4 Å². The van der Waals surface area contributed by atoms with Crippen molar-refractivity contribution in [1.29, 1.82) is 0 Å². The molecule has 0 aliphatic rings. The fourth-order valence-corrected chi connectivity index (χ4v) is 3.94. The number of amides is 1. The summed E-state index contributed by atoms with van der Waals surface area (Å²) < 4.78 is 14.3. The Morgan fingerprint density at radius 2 is 1.87 bits per heavy atom. The normalized spacial score (nSPS) is 12.1. The molecule has 1 aromatic heterocycles. The van der Waals surface area contributed by atoms with E-state index >= 15 is 0 Å². The Morgan fingerprint density at radius 1 is 1.10 bits per heavy atom. The van der Waals surface area contributed by atoms with E-state index in [2.05, 4.69) is 15.3 Å². The zero-order valence-corrected chi connectivity index (χ0v) is 17.7. The number of imidazole rings is 1. The molecule has 8 heteroatoms. The minimum Gasteiger partial charge on any atom is -0.396 e. The molecule has 0 radical (unpaired) electrons. The van der Waals surface area contributed by atoms with Crippen molar-refractivity contribution in [1.82, 2.24) is 15.3 Å². The third kappa shape index (κ3) is 4.42. The van der Waals surface area contributed by atoms with Gasteiger partial charge in [-0.1, -0.05) is 59.6 Å². The maximum absolute atomic E-state index is 14.3. The number of H-pyrrole nitrogens is 1. The highest BCUT2D eigenvalue weighted by Gasteiger charge is 2.19. The number of carbonyl (C=O) groups is 1. The number of hydrogen-bond donors (Lipinski definition) is 3. The van der Waals surface area contributed by atoms with Gasteiger partial charge in [0, 0.05) is 12.2 Å². The summed E-state index contributed by atoms with van der Waals surface area (Å²) in [5.41, 5.74) is 2.21. The zero-order valence-electron chi connectivity index (χ0n) is 16.2. The second-order valence-electron chi connectivity index (χ2n) is 6.99. The number of rotatable bonds is 6. The molecule has 3 aromatic carbocycles. The minimum atomic E-state index is -0.518. The lowest BCUT2D eigenvalue weighted by Gasteiger charge is -2.18. The van der Waals surface area contributed by atoms with Gasteiger partial charge in [-0.05, 0) is 36.2 Å². The van der Waals surface area contributed by atoms with Crippen LogP contribution in [0.5, 0.6) is 0 Å². The highest BCUT2D eigenvalue weighted by molar-refractivity contribution is 6.35. The summed E-state index contributed by atoms with van der Waals surface area (Å²) in [6.07, 6.45) is 0.367. The molecule has 0 aliphatic heterocycles. The molecule has 0 aliphatic carbocycles. The molecule has 1 heterocycles. The predicted molar refractivity (Wildman–Crippen MR) is 120 cm³/mol. The smallest absolute Gasteiger partial charge is 0.251 e. The van der Waals surface area contributed by atoms with Crippen LogP contribution in [-0.4, -0.2) is 27.6 Å². The highest BCUT2D eigenvalue weighted by Crippen LogP contribution is 2.32. The first-order valence-electron chi connectivity index (χ1n) is 9.58. The summed E-state index contributed by atoms with van der Waals surface area (Å²) >= 11 is 12.5. The number of halogens is 3. The lowest BCUT2D eigenvalue weighted by atomic mass is 10.0. The Bertz CT molecular complexity index is 1220. The molecule has 0 bridgehead atoms. The predicted octanol–water partition coefficient (Wildman–Crippen LogP) is 5.53. The quantitative estimate of drug-likeness (QED) is 0.356. The van der Waals surface area contributed by atoms with Crippen LogP contribution in [0.15, 0.2) is 60.7 Å². The van der Waals surface area contributed by atoms with Crippen LogP contribution in [0, 0.1) is 5.82 Å². The molecule has 4 rings (SSSR count). The first-order chi connectivity index (χ1) is 15.0. The first-order valence-corrected chi connectivity index (χ1v) is 10.3. The van der Waals surface area contributed by atoms with Crippen LogP contribution >= 0.6 is 23.2 Å². The average molecular weight is 458 g/mol. The number of fused-ring (bicyclic) bond motifs is 1. The topological polar surface area (TPSA) is 78.0 Å². The van der Waals surface area contributed by atoms with Gasteiger partial charge >= 0.3 is 0 Å². The lowest BCUT2D eigenvalue weighted by molar-refractivity contribution is 0.0930. The van der Waals surface area contributed by atoms with Crippen LogP contribution in [0.25, 0.3) is 22.4 Å². The Kier molecular flexibility index (Phi) is 6.23. The van der Waals surface area contributed by atoms with Gasteiger partial charge in [0.15, 0.2) is 0 Å². The van der Waals surface area contributed by atoms with Crippen molar-refractivity contribution in [2.24, 2.45) is 0 Å². The van der Waals surface area contributed by atoms with Crippen LogP contribution in [-0.2, 0) is 0 Å². The van der Waals surface area contributed by atoms with E-state index in [1.165, 1.54) is 18.2 Å². The SMILES string of the molecule is O=C(NC(CCO)c1ccccc1)c1cc(Cl)c2nc(-c3c(F)cccc3Cl)[nH]c2c1. The van der Waals surface area contributed by atoms with E-state index < -0.39 is 5.82 Å². The summed E-state index contributed by atoms with van der Waals surface area (Å²) in [5.74, 6) is -0.651. The fourth-order valence-electron chi connectivity index (χ4n) is 3.43. The van der Waals surface area contributed by atoms with Gasteiger partial charge < -0.3 is 15.4 Å². The Balaban J connectivity index is 1.68. The lowest BCUT2D eigenvalue weighted by Crippen LogP contribution is -2.29. The van der Waals surface area contributed by atoms with Gasteiger partial charge in [0.1, 0.15) is 17.2 Å². The van der Waals surface area contributed by atoms with E-state index in [9.17, 15) is 14.3 Å². The Hall–Kier alpha value is -2.93. The summed E-state index contributed by atoms with van der Waals surface area (Å²) in [4.78, 5) is 20.3. The monoisotopic (exact) mass is 457 g/mol. The van der Waals surface area contributed by atoms with Crippen molar-refractivity contribution in [3.63, 3.8) is 0 Å². The average Bonchev–Trinajstić information content (AvgIpc) is 3.18. The van der Waals surface area contributed by atoms with Gasteiger partial charge in [-0.3, -0.25) is 4.79 Å². The molecule has 0 saturated carbocycles. The van der Waals surface area contributed by atoms with Crippen LogP contribution in [0.4, 0.5) is 4.39 Å². The number of aliphatic hydroxyl groups is 1. The van der Waals surface area contributed by atoms with Gasteiger partial charge in [-0.2, -0.15) is 0 Å². The number of aliphatic hydroxyl groups excluding tert-OH is 1. The van der Waals surface area contributed by atoms with Gasteiger partial charge in [-0.25, -0.2) is 9.37 Å². The molecular formula is C23H18Cl2FN3O2. The molecule has 158 valence electrons. The van der Waals surface area contributed by atoms with Gasteiger partial charge in [0.2, 0.25) is 0 Å². The maximum atomic E-state index is 14.3. The second-order valence-corrected chi connectivity index (χ2v) is 7.80. The van der Waals surface area contributed by atoms with Crippen LogP contribution in [0.2, 0.25) is 10.0 Å². The summed E-state index contributed by atoms with van der Waals surface area (Å²) in [7, 11) is 0. The Labute approximate surface area is 187 Å². The molecule has 4 aromatic rings. The third-order valence-electron chi connectivity index (χ3n) is 4.93. The zero-order chi connectivity index (χ0) is 22.0. The van der Waals surface area contributed by atoms with E-state index in [0.717, 1.165) is 5.56 Å². The number of hydrogen-bond acceptors (Lipinski definition) is 3. The van der Waals surface area contributed by atoms with E-state index in [-0.39, 0.29) is 40.0 Å². The molecule has 0 saturated heterocycles. The molecule has 0 fully saturated rings. The summed E-state index contributed by atoms with van der Waals surface area (Å²) in [5, 5.41) is 12.8. The molecule has 31 heavy (non-hydrogen) atoms. The highest BCUT2D eigenvalue weighted by atomic mass is 35.5. The fraction of sp³-hybridized carbons (Fsp3) is 0.130. The minimum absolute atomic E-state index is 0.0764. The van der Waals surface area contributed by atoms with Gasteiger partial charge in [-0.15, -0.1) is 0 Å². The van der Waals surface area contributed by atoms with Crippen molar-refractivity contribution in [2.45, 2.75) is 12.5 Å². The van der Waals surface area contributed by atoms with Crippen molar-refractivity contribution >= 4 is 40.1 Å². The molecule has 0 spiro atoms. The van der Waals surface area contributed by atoms with Crippen LogP contribution in [0.3, 0.4) is 0 Å². The van der Waals surface area contributed by atoms with E-state index in [0.29, 0.717) is 23.0 Å². The number of aromatic nitrogens is 2. The molecule has 5 nitrogen and oxygen atoms in total. The van der Waals surface area contributed by atoms with Crippen molar-refractivity contribution < 1.29 is 14.3 Å². The number of nitrogens with zero attached hydrogens (tertiary/aromatic N) is 1. The van der Waals surface area contributed by atoms with E-state index in [1.807, 2.05) is 30.3 Å². The number of aromatic amines is 1. The molecule has 1 amide bonds. The van der Waals surface area contributed by atoms with Crippen molar-refractivity contribution in [3.05, 3.63) is 87.7 Å². The van der Waals surface area contributed by atoms with E-state index in [4.69, 9.17) is 23.2 Å². The van der Waals surface area contributed by atoms with Crippen LogP contribution in [0.1, 0.15) is 28.4 Å². The molecular weight excluding hydrogens is 440 g/mol. The Morgan fingerprint density at radius 3 is 2.58 bits per heavy atom. The largest absolute Gasteiger partial charge is 0.396 e. The first kappa shape index (κ1) is 21.3.